The SMILES string of the molecule is CC=CC(=O)[O-].CC=CC(=O)[O-].O.O.[Na+].[Na+]. The molecule has 0 saturated carbocycles. The summed E-state index contributed by atoms with van der Waals surface area (Å²) in [7, 11) is 0. The van der Waals surface area contributed by atoms with Gasteiger partial charge in [-0.15, -0.1) is 0 Å². The molecule has 0 aromatic carbocycles. The predicted octanol–water partition coefficient (Wildman–Crippen LogP) is -9.02. The zero-order valence-corrected chi connectivity index (χ0v) is 13.9. The topological polar surface area (TPSA) is 143 Å². The van der Waals surface area contributed by atoms with Crippen LogP contribution in [0.5, 0.6) is 0 Å². The average molecular weight is 252 g/mol. The molecule has 84 valence electrons. The number of allylic oxidation sites excluding steroid dienone is 2. The van der Waals surface area contributed by atoms with Gasteiger partial charge < -0.3 is 30.8 Å². The Kier molecular flexibility index (Phi) is 66.3. The zero-order valence-electron chi connectivity index (χ0n) is 9.94. The van der Waals surface area contributed by atoms with E-state index >= 15 is 0 Å². The molecule has 0 heterocycles. The first-order valence-electron chi connectivity index (χ1n) is 3.22. The molecule has 0 aromatic rings. The first-order chi connectivity index (χ1) is 5.54. The molecule has 0 rings (SSSR count). The summed E-state index contributed by atoms with van der Waals surface area (Å²) in [5.41, 5.74) is 0. The second-order valence-electron chi connectivity index (χ2n) is 1.64. The van der Waals surface area contributed by atoms with Crippen molar-refractivity contribution in [3.05, 3.63) is 24.3 Å². The summed E-state index contributed by atoms with van der Waals surface area (Å²) < 4.78 is 0. The number of hydrogen-bond donors (Lipinski definition) is 0. The molecule has 0 spiro atoms. The van der Waals surface area contributed by atoms with Gasteiger partial charge in [-0.05, 0) is 26.0 Å². The van der Waals surface area contributed by atoms with E-state index in [9.17, 15) is 19.8 Å². The van der Waals surface area contributed by atoms with E-state index in [1.165, 1.54) is 12.2 Å². The molecule has 0 amide bonds. The molecule has 8 heteroatoms. The van der Waals surface area contributed by atoms with E-state index in [0.717, 1.165) is 12.2 Å². The number of hydrogen-bond acceptors (Lipinski definition) is 4. The minimum atomic E-state index is -1.14. The molecule has 0 aliphatic heterocycles. The zero-order chi connectivity index (χ0) is 9.98. The van der Waals surface area contributed by atoms with Gasteiger partial charge in [0.1, 0.15) is 0 Å². The summed E-state index contributed by atoms with van der Waals surface area (Å²) >= 11 is 0. The molecule has 0 unspecified atom stereocenters. The molecule has 0 fully saturated rings. The Hall–Kier alpha value is 0.340. The fourth-order valence-electron chi connectivity index (χ4n) is 0.272. The molecular weight excluding hydrogens is 238 g/mol. The third-order valence-electron chi connectivity index (χ3n) is 0.605. The molecule has 0 atom stereocenters. The van der Waals surface area contributed by atoms with Crippen LogP contribution in [0.4, 0.5) is 0 Å². The standard InChI is InChI=1S/2C4H6O2.2Na.2H2O/c2*1-2-3-4(5)6;;;;/h2*2-3H,1H3,(H,5,6);;;2*1H2/q;;2*+1;;/p-2. The van der Waals surface area contributed by atoms with Crippen molar-refractivity contribution in [3.63, 3.8) is 0 Å². The van der Waals surface area contributed by atoms with E-state index in [2.05, 4.69) is 0 Å². The molecule has 0 saturated heterocycles. The maximum atomic E-state index is 9.40. The quantitative estimate of drug-likeness (QED) is 0.355. The van der Waals surface area contributed by atoms with Gasteiger partial charge in [-0.2, -0.15) is 0 Å². The van der Waals surface area contributed by atoms with Gasteiger partial charge in [0.25, 0.3) is 0 Å². The summed E-state index contributed by atoms with van der Waals surface area (Å²) in [5.74, 6) is -2.28. The van der Waals surface area contributed by atoms with E-state index in [4.69, 9.17) is 0 Å². The molecule has 0 bridgehead atoms. The monoisotopic (exact) mass is 252 g/mol. The first kappa shape index (κ1) is 36.0. The fraction of sp³-hybridized carbons (Fsp3) is 0.250. The maximum Gasteiger partial charge on any atom is 1.00 e. The molecule has 6 nitrogen and oxygen atoms in total. The third-order valence-corrected chi connectivity index (χ3v) is 0.605. The smallest absolute Gasteiger partial charge is 0.545 e. The Balaban J connectivity index is -0.0000000250. The van der Waals surface area contributed by atoms with Crippen molar-refractivity contribution in [1.82, 2.24) is 0 Å². The van der Waals surface area contributed by atoms with E-state index in [1.807, 2.05) is 0 Å². The van der Waals surface area contributed by atoms with Crippen LogP contribution in [-0.2, 0) is 9.59 Å². The van der Waals surface area contributed by atoms with Crippen LogP contribution in [0.15, 0.2) is 24.3 Å². The van der Waals surface area contributed by atoms with Gasteiger partial charge in [0.2, 0.25) is 0 Å². The Morgan fingerprint density at radius 2 is 1.00 bits per heavy atom. The van der Waals surface area contributed by atoms with Crippen molar-refractivity contribution >= 4 is 11.9 Å². The largest absolute Gasteiger partial charge is 1.00 e. The van der Waals surface area contributed by atoms with Gasteiger partial charge in [-0.1, -0.05) is 12.2 Å². The second-order valence-corrected chi connectivity index (χ2v) is 1.64. The van der Waals surface area contributed by atoms with Gasteiger partial charge in [0.05, 0.1) is 11.9 Å². The normalized spacial score (nSPS) is 7.12. The second kappa shape index (κ2) is 29.5. The third kappa shape index (κ3) is 63.5. The maximum absolute atomic E-state index is 9.40. The van der Waals surface area contributed by atoms with Crippen LogP contribution in [-0.4, -0.2) is 22.9 Å². The summed E-state index contributed by atoms with van der Waals surface area (Å²) in [6.45, 7) is 3.24. The number of carbonyl (C=O) groups excluding carboxylic acids is 2. The van der Waals surface area contributed by atoms with Crippen LogP contribution in [0.2, 0.25) is 0 Å². The number of carbonyl (C=O) groups is 2. The molecule has 0 aliphatic rings. The molecule has 4 N–H and O–H groups in total. The van der Waals surface area contributed by atoms with Crippen molar-refractivity contribution in [2.24, 2.45) is 0 Å². The van der Waals surface area contributed by atoms with Crippen molar-refractivity contribution in [2.75, 3.05) is 0 Å². The van der Waals surface area contributed by atoms with Crippen molar-refractivity contribution < 1.29 is 89.9 Å². The average Bonchev–Trinajstić information content (AvgIpc) is 1.87. The summed E-state index contributed by atoms with van der Waals surface area (Å²) in [5, 5.41) is 18.8. The molecule has 16 heavy (non-hydrogen) atoms. The summed E-state index contributed by atoms with van der Waals surface area (Å²) in [6, 6.07) is 0. The fourth-order valence-corrected chi connectivity index (χ4v) is 0.272. The van der Waals surface area contributed by atoms with Crippen LogP contribution in [0.3, 0.4) is 0 Å². The molecular formula is C8H14Na2O6. The predicted molar refractivity (Wildman–Crippen MR) is 46.9 cm³/mol. The van der Waals surface area contributed by atoms with E-state index in [0.29, 0.717) is 0 Å². The van der Waals surface area contributed by atoms with Crippen LogP contribution in [0.25, 0.3) is 0 Å². The summed E-state index contributed by atoms with van der Waals surface area (Å²) in [6.07, 6.45) is 4.77. The molecule has 0 radical (unpaired) electrons. The number of rotatable bonds is 2. The van der Waals surface area contributed by atoms with Crippen molar-refractivity contribution in [2.45, 2.75) is 13.8 Å². The van der Waals surface area contributed by atoms with Crippen LogP contribution < -0.4 is 69.3 Å². The van der Waals surface area contributed by atoms with Crippen molar-refractivity contribution in [1.29, 1.82) is 0 Å². The number of carboxylic acid groups (broad SMARTS) is 2. The van der Waals surface area contributed by atoms with Crippen LogP contribution in [0, 0.1) is 0 Å². The minimum absolute atomic E-state index is 0. The Morgan fingerprint density at radius 3 is 1.00 bits per heavy atom. The Morgan fingerprint density at radius 1 is 0.812 bits per heavy atom. The molecule has 0 aliphatic carbocycles. The van der Waals surface area contributed by atoms with Gasteiger partial charge in [-0.3, -0.25) is 0 Å². The van der Waals surface area contributed by atoms with Crippen molar-refractivity contribution in [3.8, 4) is 0 Å². The van der Waals surface area contributed by atoms with Gasteiger partial charge >= 0.3 is 59.1 Å². The first-order valence-corrected chi connectivity index (χ1v) is 3.22. The number of aliphatic carboxylic acids is 2. The summed E-state index contributed by atoms with van der Waals surface area (Å²) in [4.78, 5) is 18.8. The van der Waals surface area contributed by atoms with Gasteiger partial charge in [-0.25, -0.2) is 0 Å². The van der Waals surface area contributed by atoms with Gasteiger partial charge in [0, 0.05) is 0 Å². The van der Waals surface area contributed by atoms with Crippen LogP contribution in [0.1, 0.15) is 13.8 Å². The number of carboxylic acids is 2. The van der Waals surface area contributed by atoms with E-state index in [1.54, 1.807) is 13.8 Å². The Bertz CT molecular complexity index is 181. The minimum Gasteiger partial charge on any atom is -0.545 e. The van der Waals surface area contributed by atoms with E-state index < -0.39 is 11.9 Å². The van der Waals surface area contributed by atoms with Gasteiger partial charge in [0.15, 0.2) is 0 Å². The molecule has 0 aromatic heterocycles. The van der Waals surface area contributed by atoms with Crippen LogP contribution >= 0.6 is 0 Å². The van der Waals surface area contributed by atoms with E-state index in [-0.39, 0.29) is 70.1 Å². The Labute approximate surface area is 139 Å².